The van der Waals surface area contributed by atoms with Gasteiger partial charge < -0.3 is 15.2 Å². The molecule has 25 heavy (non-hydrogen) atoms. The molecule has 0 radical (unpaired) electrons. The average molecular weight is 356 g/mol. The van der Waals surface area contributed by atoms with Crippen LogP contribution in [0.25, 0.3) is 11.3 Å². The minimum Gasteiger partial charge on any atom is -0.389 e. The summed E-state index contributed by atoms with van der Waals surface area (Å²) in [6, 6.07) is 14.0. The fourth-order valence-corrected chi connectivity index (χ4v) is 3.71. The maximum atomic E-state index is 10.2. The number of aliphatic hydroxyl groups is 1. The highest BCUT2D eigenvalue weighted by atomic mass is 32.1. The van der Waals surface area contributed by atoms with Gasteiger partial charge >= 0.3 is 0 Å². The summed E-state index contributed by atoms with van der Waals surface area (Å²) in [5.74, 6) is 0. The Bertz CT molecular complexity index is 791. The van der Waals surface area contributed by atoms with Crippen LogP contribution in [0.1, 0.15) is 4.88 Å². The third-order valence-corrected chi connectivity index (χ3v) is 5.24. The first-order valence-corrected chi connectivity index (χ1v) is 9.18. The number of aromatic nitrogens is 3. The molecule has 0 amide bonds. The predicted octanol–water partition coefficient (Wildman–Crippen LogP) is 1.92. The summed E-state index contributed by atoms with van der Waals surface area (Å²) in [4.78, 5) is 1.24. The minimum absolute atomic E-state index is 0.119. The number of benzene rings is 1. The summed E-state index contributed by atoms with van der Waals surface area (Å²) in [6.45, 7) is 1.62. The largest absolute Gasteiger partial charge is 0.389 e. The molecule has 0 unspecified atom stereocenters. The van der Waals surface area contributed by atoms with E-state index in [2.05, 4.69) is 27.1 Å². The average Bonchev–Trinajstić information content (AvgIpc) is 3.37. The first-order chi connectivity index (χ1) is 12.3. The molecule has 0 spiro atoms. The van der Waals surface area contributed by atoms with Crippen molar-refractivity contribution in [3.63, 3.8) is 0 Å². The van der Waals surface area contributed by atoms with Crippen LogP contribution in [0.2, 0.25) is 0 Å². The molecule has 1 aliphatic rings. The van der Waals surface area contributed by atoms with Gasteiger partial charge in [-0.25, -0.2) is 4.68 Å². The molecular formula is C18H20N4O2S. The van der Waals surface area contributed by atoms with E-state index in [1.807, 2.05) is 42.6 Å². The molecule has 0 aliphatic carbocycles. The molecule has 3 aromatic rings. The van der Waals surface area contributed by atoms with E-state index in [4.69, 9.17) is 4.74 Å². The lowest BCUT2D eigenvalue weighted by atomic mass is 10.1. The van der Waals surface area contributed by atoms with E-state index in [-0.39, 0.29) is 12.1 Å². The second kappa shape index (κ2) is 7.45. The number of hydrogen-bond donors (Lipinski definition) is 2. The number of rotatable bonds is 6. The molecule has 3 heterocycles. The SMILES string of the molecule is O[C@H]1CO[C@H](Cn2cc(-c3ccccc3)nn2)[C@@H]1NCc1cccs1. The molecule has 0 bridgehead atoms. The Morgan fingerprint density at radius 2 is 2.12 bits per heavy atom. The van der Waals surface area contributed by atoms with Crippen molar-refractivity contribution >= 4 is 11.3 Å². The van der Waals surface area contributed by atoms with E-state index in [1.54, 1.807) is 16.0 Å². The van der Waals surface area contributed by atoms with E-state index < -0.39 is 6.10 Å². The maximum Gasteiger partial charge on any atom is 0.113 e. The van der Waals surface area contributed by atoms with Gasteiger partial charge in [-0.3, -0.25) is 0 Å². The van der Waals surface area contributed by atoms with Crippen molar-refractivity contribution in [3.8, 4) is 11.3 Å². The molecule has 3 atom stereocenters. The molecule has 1 aliphatic heterocycles. The smallest absolute Gasteiger partial charge is 0.113 e. The van der Waals surface area contributed by atoms with Crippen LogP contribution in [0.4, 0.5) is 0 Å². The zero-order valence-corrected chi connectivity index (χ0v) is 14.5. The summed E-state index contributed by atoms with van der Waals surface area (Å²) in [5.41, 5.74) is 1.87. The van der Waals surface area contributed by atoms with Crippen LogP contribution >= 0.6 is 11.3 Å². The van der Waals surface area contributed by atoms with Gasteiger partial charge in [-0.2, -0.15) is 0 Å². The van der Waals surface area contributed by atoms with Crippen LogP contribution in [0.3, 0.4) is 0 Å². The number of nitrogens with one attached hydrogen (secondary N) is 1. The van der Waals surface area contributed by atoms with Crippen molar-refractivity contribution in [2.24, 2.45) is 0 Å². The topological polar surface area (TPSA) is 72.2 Å². The summed E-state index contributed by atoms with van der Waals surface area (Å²) in [6.07, 6.45) is 1.27. The Hall–Kier alpha value is -2.06. The van der Waals surface area contributed by atoms with Gasteiger partial charge in [0.05, 0.1) is 37.6 Å². The van der Waals surface area contributed by atoms with E-state index in [1.165, 1.54) is 4.88 Å². The van der Waals surface area contributed by atoms with Gasteiger partial charge in [-0.15, -0.1) is 16.4 Å². The standard InChI is InChI=1S/C18H20N4O2S/c23-16-12-24-17(18(16)19-9-14-7-4-8-25-14)11-22-10-15(20-21-22)13-5-2-1-3-6-13/h1-8,10,16-19,23H,9,11-12H2/t16-,17+,18+/m0/s1. The van der Waals surface area contributed by atoms with Gasteiger partial charge in [0.1, 0.15) is 5.69 Å². The van der Waals surface area contributed by atoms with Gasteiger partial charge in [-0.05, 0) is 11.4 Å². The van der Waals surface area contributed by atoms with Crippen molar-refractivity contribution in [2.45, 2.75) is 31.3 Å². The quantitative estimate of drug-likeness (QED) is 0.706. The highest BCUT2D eigenvalue weighted by Crippen LogP contribution is 2.20. The number of aliphatic hydroxyl groups excluding tert-OH is 1. The maximum absolute atomic E-state index is 10.2. The molecule has 2 N–H and O–H groups in total. The number of nitrogens with zero attached hydrogens (tertiary/aromatic N) is 3. The molecular weight excluding hydrogens is 336 g/mol. The Kier molecular flexibility index (Phi) is 4.89. The van der Waals surface area contributed by atoms with Crippen molar-refractivity contribution in [3.05, 3.63) is 58.9 Å². The van der Waals surface area contributed by atoms with Crippen LogP contribution in [-0.2, 0) is 17.8 Å². The summed E-state index contributed by atoms with van der Waals surface area (Å²) < 4.78 is 7.55. The van der Waals surface area contributed by atoms with E-state index in [0.29, 0.717) is 13.2 Å². The molecule has 1 fully saturated rings. The summed E-state index contributed by atoms with van der Waals surface area (Å²) in [5, 5.41) is 24.1. The lowest BCUT2D eigenvalue weighted by molar-refractivity contribution is 0.0741. The third kappa shape index (κ3) is 3.80. The third-order valence-electron chi connectivity index (χ3n) is 4.36. The van der Waals surface area contributed by atoms with E-state index in [0.717, 1.165) is 17.8 Å². The van der Waals surface area contributed by atoms with Crippen LogP contribution in [-0.4, -0.2) is 45.0 Å². The van der Waals surface area contributed by atoms with Crippen molar-refractivity contribution < 1.29 is 9.84 Å². The van der Waals surface area contributed by atoms with E-state index in [9.17, 15) is 5.11 Å². The number of hydrogen-bond acceptors (Lipinski definition) is 6. The van der Waals surface area contributed by atoms with Gasteiger partial charge in [-0.1, -0.05) is 41.6 Å². The monoisotopic (exact) mass is 356 g/mol. The zero-order chi connectivity index (χ0) is 17.1. The molecule has 2 aromatic heterocycles. The van der Waals surface area contributed by atoms with Gasteiger partial charge in [0.15, 0.2) is 0 Å². The zero-order valence-electron chi connectivity index (χ0n) is 13.7. The van der Waals surface area contributed by atoms with Crippen molar-refractivity contribution in [2.75, 3.05) is 6.61 Å². The van der Waals surface area contributed by atoms with Crippen molar-refractivity contribution in [1.29, 1.82) is 0 Å². The lowest BCUT2D eigenvalue weighted by Gasteiger charge is -2.21. The minimum atomic E-state index is -0.512. The van der Waals surface area contributed by atoms with Crippen LogP contribution in [0.5, 0.6) is 0 Å². The molecule has 0 saturated carbocycles. The van der Waals surface area contributed by atoms with Gasteiger partial charge in [0.2, 0.25) is 0 Å². The highest BCUT2D eigenvalue weighted by molar-refractivity contribution is 7.09. The highest BCUT2D eigenvalue weighted by Gasteiger charge is 2.36. The Balaban J connectivity index is 1.41. The van der Waals surface area contributed by atoms with Crippen LogP contribution < -0.4 is 5.32 Å². The predicted molar refractivity (Wildman–Crippen MR) is 96.2 cm³/mol. The molecule has 6 nitrogen and oxygen atoms in total. The number of thiophene rings is 1. The fourth-order valence-electron chi connectivity index (χ4n) is 3.06. The lowest BCUT2D eigenvalue weighted by Crippen LogP contribution is -2.44. The molecule has 4 rings (SSSR count). The van der Waals surface area contributed by atoms with Gasteiger partial charge in [0, 0.05) is 17.0 Å². The molecule has 7 heteroatoms. The second-order valence-electron chi connectivity index (χ2n) is 6.12. The first-order valence-electron chi connectivity index (χ1n) is 8.30. The first kappa shape index (κ1) is 16.4. The molecule has 130 valence electrons. The summed E-state index contributed by atoms with van der Waals surface area (Å²) in [7, 11) is 0. The Labute approximate surface area is 150 Å². The normalized spacial score (nSPS) is 23.2. The van der Waals surface area contributed by atoms with E-state index >= 15 is 0 Å². The second-order valence-corrected chi connectivity index (χ2v) is 7.15. The molecule has 1 saturated heterocycles. The van der Waals surface area contributed by atoms with Gasteiger partial charge in [0.25, 0.3) is 0 Å². The van der Waals surface area contributed by atoms with Crippen molar-refractivity contribution in [1.82, 2.24) is 20.3 Å². The fraction of sp³-hybridized carbons (Fsp3) is 0.333. The Morgan fingerprint density at radius 3 is 2.92 bits per heavy atom. The summed E-state index contributed by atoms with van der Waals surface area (Å²) >= 11 is 1.70. The molecule has 1 aromatic carbocycles. The Morgan fingerprint density at radius 1 is 1.24 bits per heavy atom. The van der Waals surface area contributed by atoms with Crippen LogP contribution in [0.15, 0.2) is 54.0 Å². The number of ether oxygens (including phenoxy) is 1. The van der Waals surface area contributed by atoms with Crippen LogP contribution in [0, 0.1) is 0 Å².